The number of nitrogens with zero attached hydrogens (tertiary/aromatic N) is 1. The summed E-state index contributed by atoms with van der Waals surface area (Å²) >= 11 is 0. The van der Waals surface area contributed by atoms with Gasteiger partial charge >= 0.3 is 6.09 Å². The molecule has 1 aliphatic heterocycles. The van der Waals surface area contributed by atoms with Gasteiger partial charge in [-0.1, -0.05) is 20.3 Å². The van der Waals surface area contributed by atoms with Gasteiger partial charge in [0.25, 0.3) is 0 Å². The van der Waals surface area contributed by atoms with Crippen molar-refractivity contribution in [3.8, 4) is 0 Å². The lowest BCUT2D eigenvalue weighted by Gasteiger charge is -2.33. The summed E-state index contributed by atoms with van der Waals surface area (Å²) in [6, 6.07) is -0.372. The second-order valence-electron chi connectivity index (χ2n) is 7.75. The summed E-state index contributed by atoms with van der Waals surface area (Å²) < 4.78 is 10.6. The highest BCUT2D eigenvalue weighted by Gasteiger charge is 2.28. The first-order valence-electron chi connectivity index (χ1n) is 9.23. The monoisotopic (exact) mass is 357 g/mol. The third kappa shape index (κ3) is 8.05. The van der Waals surface area contributed by atoms with E-state index in [9.17, 15) is 9.59 Å². The van der Waals surface area contributed by atoms with Crippen molar-refractivity contribution in [1.29, 1.82) is 0 Å². The summed E-state index contributed by atoms with van der Waals surface area (Å²) in [5.41, 5.74) is -0.592. The molecule has 25 heavy (non-hydrogen) atoms. The van der Waals surface area contributed by atoms with E-state index in [2.05, 4.69) is 22.5 Å². The lowest BCUT2D eigenvalue weighted by Crippen LogP contribution is -2.54. The summed E-state index contributed by atoms with van der Waals surface area (Å²) in [7, 11) is 0. The minimum atomic E-state index is -0.600. The minimum Gasteiger partial charge on any atom is -0.444 e. The van der Waals surface area contributed by atoms with E-state index in [0.29, 0.717) is 6.54 Å². The van der Waals surface area contributed by atoms with Gasteiger partial charge in [0.2, 0.25) is 5.91 Å². The number of carbonyl (C=O) groups excluding carboxylic acids is 2. The van der Waals surface area contributed by atoms with Crippen molar-refractivity contribution in [2.24, 2.45) is 5.92 Å². The molecule has 0 aromatic carbocycles. The Kier molecular flexibility index (Phi) is 8.65. The maximum absolute atomic E-state index is 12.6. The summed E-state index contributed by atoms with van der Waals surface area (Å²) in [6.45, 7) is 15.2. The summed E-state index contributed by atoms with van der Waals surface area (Å²) in [5, 5.41) is 5.69. The van der Waals surface area contributed by atoms with E-state index in [-0.39, 0.29) is 17.9 Å². The van der Waals surface area contributed by atoms with Crippen LogP contribution in [0.15, 0.2) is 0 Å². The zero-order chi connectivity index (χ0) is 19.0. The number of morpholine rings is 1. The molecule has 2 amide bonds. The van der Waals surface area contributed by atoms with Gasteiger partial charge in [-0.3, -0.25) is 9.69 Å². The second kappa shape index (κ2) is 9.97. The van der Waals surface area contributed by atoms with Gasteiger partial charge < -0.3 is 20.1 Å². The Balaban J connectivity index is 2.56. The Labute approximate surface area is 151 Å². The van der Waals surface area contributed by atoms with Crippen molar-refractivity contribution in [2.45, 2.75) is 65.6 Å². The molecule has 1 fully saturated rings. The van der Waals surface area contributed by atoms with Crippen LogP contribution >= 0.6 is 0 Å². The van der Waals surface area contributed by atoms with Gasteiger partial charge in [-0.15, -0.1) is 0 Å². The molecule has 1 heterocycles. The van der Waals surface area contributed by atoms with Crippen molar-refractivity contribution in [3.63, 3.8) is 0 Å². The molecule has 7 nitrogen and oxygen atoms in total. The van der Waals surface area contributed by atoms with Crippen LogP contribution in [-0.4, -0.2) is 67.4 Å². The van der Waals surface area contributed by atoms with Crippen molar-refractivity contribution in [2.75, 3.05) is 32.8 Å². The van der Waals surface area contributed by atoms with Crippen LogP contribution in [0.4, 0.5) is 4.79 Å². The van der Waals surface area contributed by atoms with E-state index in [0.717, 1.165) is 32.7 Å². The fourth-order valence-corrected chi connectivity index (χ4v) is 2.64. The van der Waals surface area contributed by atoms with Gasteiger partial charge in [0, 0.05) is 25.7 Å². The third-order valence-electron chi connectivity index (χ3n) is 4.41. The molecule has 0 saturated carbocycles. The molecule has 2 N–H and O–H groups in total. The number of amides is 2. The van der Waals surface area contributed by atoms with E-state index in [1.165, 1.54) is 0 Å². The Morgan fingerprint density at radius 2 is 1.80 bits per heavy atom. The molecule has 0 aromatic rings. The second-order valence-corrected chi connectivity index (χ2v) is 7.75. The zero-order valence-corrected chi connectivity index (χ0v) is 16.6. The fraction of sp³-hybridized carbons (Fsp3) is 0.889. The average Bonchev–Trinajstić information content (AvgIpc) is 2.55. The topological polar surface area (TPSA) is 79.9 Å². The predicted molar refractivity (Wildman–Crippen MR) is 97.5 cm³/mol. The number of nitrogens with one attached hydrogen (secondary N) is 2. The van der Waals surface area contributed by atoms with E-state index in [1.54, 1.807) is 20.8 Å². The van der Waals surface area contributed by atoms with Gasteiger partial charge in [0.1, 0.15) is 11.6 Å². The first-order chi connectivity index (χ1) is 11.6. The van der Waals surface area contributed by atoms with Crippen LogP contribution in [-0.2, 0) is 14.3 Å². The number of ether oxygens (including phenoxy) is 2. The minimum absolute atomic E-state index is 0.0196. The summed E-state index contributed by atoms with van der Waals surface area (Å²) in [5.74, 6) is -0.147. The first-order valence-corrected chi connectivity index (χ1v) is 9.23. The molecule has 7 heteroatoms. The highest BCUT2D eigenvalue weighted by atomic mass is 16.6. The van der Waals surface area contributed by atoms with Crippen molar-refractivity contribution >= 4 is 12.0 Å². The average molecular weight is 357 g/mol. The zero-order valence-electron chi connectivity index (χ0n) is 16.6. The molecular weight excluding hydrogens is 322 g/mol. The van der Waals surface area contributed by atoms with Gasteiger partial charge in [0.05, 0.1) is 13.2 Å². The molecule has 1 aliphatic rings. The summed E-state index contributed by atoms with van der Waals surface area (Å²) in [6.07, 6.45) is 0.224. The third-order valence-corrected chi connectivity index (χ3v) is 4.41. The molecule has 0 aromatic heterocycles. The van der Waals surface area contributed by atoms with E-state index in [1.807, 2.05) is 13.8 Å². The van der Waals surface area contributed by atoms with Crippen LogP contribution in [0, 0.1) is 5.92 Å². The lowest BCUT2D eigenvalue weighted by atomic mass is 9.98. The SMILES string of the molecule is CC[C@H](C)[C@H](NC(=O)OC(C)(C)C)C(=O)NCC(C)N1CCOCC1. The number of carbonyl (C=O) groups is 2. The maximum Gasteiger partial charge on any atom is 0.408 e. The van der Waals surface area contributed by atoms with Crippen LogP contribution in [0.3, 0.4) is 0 Å². The van der Waals surface area contributed by atoms with Crippen LogP contribution in [0.5, 0.6) is 0 Å². The predicted octanol–water partition coefficient (Wildman–Crippen LogP) is 1.76. The smallest absolute Gasteiger partial charge is 0.408 e. The number of hydrogen-bond acceptors (Lipinski definition) is 5. The highest BCUT2D eigenvalue weighted by Crippen LogP contribution is 2.11. The summed E-state index contributed by atoms with van der Waals surface area (Å²) in [4.78, 5) is 26.9. The molecule has 1 saturated heterocycles. The molecular formula is C18H35N3O4. The Hall–Kier alpha value is -1.34. The van der Waals surface area contributed by atoms with Crippen molar-refractivity contribution in [1.82, 2.24) is 15.5 Å². The lowest BCUT2D eigenvalue weighted by molar-refractivity contribution is -0.124. The molecule has 146 valence electrons. The Morgan fingerprint density at radius 1 is 1.20 bits per heavy atom. The maximum atomic E-state index is 12.6. The van der Waals surface area contributed by atoms with Gasteiger partial charge in [-0.25, -0.2) is 4.79 Å². The molecule has 1 unspecified atom stereocenters. The normalized spacial score (nSPS) is 19.6. The van der Waals surface area contributed by atoms with Crippen LogP contribution in [0.25, 0.3) is 0 Å². The number of alkyl carbamates (subject to hydrolysis) is 1. The van der Waals surface area contributed by atoms with Crippen LogP contribution in [0.1, 0.15) is 48.0 Å². The first kappa shape index (κ1) is 21.7. The quantitative estimate of drug-likeness (QED) is 0.726. The standard InChI is InChI=1S/C18H35N3O4/c1-7-13(2)15(20-17(23)25-18(4,5)6)16(22)19-12-14(3)21-8-10-24-11-9-21/h13-15H,7-12H2,1-6H3,(H,19,22)(H,20,23)/t13-,14?,15-/m0/s1. The fourth-order valence-electron chi connectivity index (χ4n) is 2.64. The van der Waals surface area contributed by atoms with Crippen molar-refractivity contribution < 1.29 is 19.1 Å². The molecule has 0 bridgehead atoms. The van der Waals surface area contributed by atoms with E-state index >= 15 is 0 Å². The van der Waals surface area contributed by atoms with Crippen LogP contribution in [0.2, 0.25) is 0 Å². The molecule has 3 atom stereocenters. The van der Waals surface area contributed by atoms with Crippen molar-refractivity contribution in [3.05, 3.63) is 0 Å². The van der Waals surface area contributed by atoms with Gasteiger partial charge in [-0.05, 0) is 33.6 Å². The molecule has 0 aliphatic carbocycles. The molecule has 1 rings (SSSR count). The van der Waals surface area contributed by atoms with Gasteiger partial charge in [-0.2, -0.15) is 0 Å². The number of rotatable bonds is 7. The highest BCUT2D eigenvalue weighted by molar-refractivity contribution is 5.86. The molecule has 0 spiro atoms. The Morgan fingerprint density at radius 3 is 2.32 bits per heavy atom. The Bertz CT molecular complexity index is 431. The largest absolute Gasteiger partial charge is 0.444 e. The molecule has 0 radical (unpaired) electrons. The number of hydrogen-bond donors (Lipinski definition) is 2. The van der Waals surface area contributed by atoms with Crippen LogP contribution < -0.4 is 10.6 Å². The van der Waals surface area contributed by atoms with E-state index < -0.39 is 17.7 Å². The van der Waals surface area contributed by atoms with E-state index in [4.69, 9.17) is 9.47 Å². The van der Waals surface area contributed by atoms with Gasteiger partial charge in [0.15, 0.2) is 0 Å².